The molecule has 1 saturated heterocycles. The highest BCUT2D eigenvalue weighted by atomic mass is 19.1. The summed E-state index contributed by atoms with van der Waals surface area (Å²) in [6, 6.07) is 12.6. The van der Waals surface area contributed by atoms with Crippen molar-refractivity contribution in [3.8, 4) is 11.4 Å². The van der Waals surface area contributed by atoms with Crippen LogP contribution in [0.15, 0.2) is 60.6 Å². The molecule has 1 atom stereocenters. The van der Waals surface area contributed by atoms with E-state index in [1.807, 2.05) is 59.0 Å². The van der Waals surface area contributed by atoms with Crippen LogP contribution in [0.4, 0.5) is 4.39 Å². The van der Waals surface area contributed by atoms with E-state index in [4.69, 9.17) is 4.74 Å². The van der Waals surface area contributed by atoms with Crippen molar-refractivity contribution in [3.05, 3.63) is 83.2 Å². The summed E-state index contributed by atoms with van der Waals surface area (Å²) >= 11 is 0. The van der Waals surface area contributed by atoms with Gasteiger partial charge in [-0.05, 0) is 80.0 Å². The lowest BCUT2D eigenvalue weighted by atomic mass is 9.94. The average Bonchev–Trinajstić information content (AvgIpc) is 3.56. The molecule has 5 rings (SSSR count). The van der Waals surface area contributed by atoms with Gasteiger partial charge in [0.2, 0.25) is 5.91 Å². The van der Waals surface area contributed by atoms with Crippen molar-refractivity contribution >= 4 is 12.0 Å². The number of hydrogen-bond donors (Lipinski definition) is 0. The van der Waals surface area contributed by atoms with Crippen molar-refractivity contribution < 1.29 is 13.9 Å². The Morgan fingerprint density at radius 1 is 1.18 bits per heavy atom. The number of carbonyl (C=O) groups excluding carboxylic acids is 1. The number of piperidine rings is 1. The van der Waals surface area contributed by atoms with Crippen LogP contribution < -0.4 is 4.74 Å². The first kappa shape index (κ1) is 21.4. The van der Waals surface area contributed by atoms with Crippen LogP contribution in [0.5, 0.6) is 5.75 Å². The number of ether oxygens (including phenoxy) is 1. The lowest BCUT2D eigenvalue weighted by molar-refractivity contribution is -0.131. The molecule has 0 spiro atoms. The number of likely N-dealkylation sites (tertiary alicyclic amines) is 1. The normalized spacial score (nSPS) is 18.6. The fourth-order valence-electron chi connectivity index (χ4n) is 4.76. The molecule has 0 N–H and O–H groups in total. The molecule has 0 bridgehead atoms. The molecule has 2 aromatic carbocycles. The molecule has 0 radical (unpaired) electrons. The molecule has 1 aliphatic heterocycles. The Bertz CT molecular complexity index is 1190. The van der Waals surface area contributed by atoms with Crippen molar-refractivity contribution in [3.63, 3.8) is 0 Å². The van der Waals surface area contributed by atoms with E-state index < -0.39 is 0 Å². The monoisotopic (exact) mass is 445 g/mol. The minimum absolute atomic E-state index is 0.0168. The topological polar surface area (TPSA) is 47.4 Å². The third kappa shape index (κ3) is 4.42. The molecule has 1 aliphatic carbocycles. The third-order valence-corrected chi connectivity index (χ3v) is 6.53. The van der Waals surface area contributed by atoms with E-state index in [2.05, 4.69) is 4.98 Å². The number of imidazole rings is 1. The van der Waals surface area contributed by atoms with Gasteiger partial charge in [0.1, 0.15) is 11.6 Å². The van der Waals surface area contributed by atoms with Crippen molar-refractivity contribution in [1.82, 2.24) is 14.5 Å². The first-order chi connectivity index (χ1) is 16.0. The smallest absolute Gasteiger partial charge is 0.250 e. The van der Waals surface area contributed by atoms with Crippen LogP contribution in [0.1, 0.15) is 48.5 Å². The Labute approximate surface area is 193 Å². The fourth-order valence-corrected chi connectivity index (χ4v) is 4.76. The van der Waals surface area contributed by atoms with Gasteiger partial charge >= 0.3 is 0 Å². The van der Waals surface area contributed by atoms with E-state index in [1.165, 1.54) is 12.1 Å². The SMILES string of the molecule is COc1cc(C=C2CCCN([C@H](c3ccc(F)cc3)C3CC3)C2=O)ccc1-n1cnc(C)c1. The molecule has 3 aromatic rings. The number of hydrogen-bond acceptors (Lipinski definition) is 3. The predicted octanol–water partition coefficient (Wildman–Crippen LogP) is 5.49. The second-order valence-corrected chi connectivity index (χ2v) is 8.96. The Kier molecular flexibility index (Phi) is 5.75. The van der Waals surface area contributed by atoms with Crippen LogP contribution in [-0.4, -0.2) is 34.0 Å². The molecule has 170 valence electrons. The van der Waals surface area contributed by atoms with Gasteiger partial charge in [0.15, 0.2) is 0 Å². The molecule has 1 aromatic heterocycles. The number of benzene rings is 2. The number of methoxy groups -OCH3 is 1. The second kappa shape index (κ2) is 8.85. The van der Waals surface area contributed by atoms with Crippen molar-refractivity contribution in [1.29, 1.82) is 0 Å². The molecule has 2 aliphatic rings. The molecular formula is C27H28FN3O2. The van der Waals surface area contributed by atoms with Crippen LogP contribution in [0.3, 0.4) is 0 Å². The van der Waals surface area contributed by atoms with Gasteiger partial charge in [-0.1, -0.05) is 18.2 Å². The minimum atomic E-state index is -0.248. The molecule has 5 nitrogen and oxygen atoms in total. The average molecular weight is 446 g/mol. The van der Waals surface area contributed by atoms with Gasteiger partial charge in [-0.15, -0.1) is 0 Å². The summed E-state index contributed by atoms with van der Waals surface area (Å²) in [5.74, 6) is 1.01. The summed E-state index contributed by atoms with van der Waals surface area (Å²) < 4.78 is 21.0. The number of nitrogens with zero attached hydrogens (tertiary/aromatic N) is 3. The summed E-state index contributed by atoms with van der Waals surface area (Å²) in [6.07, 6.45) is 9.59. The van der Waals surface area contributed by atoms with Crippen molar-refractivity contribution in [2.75, 3.05) is 13.7 Å². The van der Waals surface area contributed by atoms with E-state index in [0.717, 1.165) is 66.1 Å². The van der Waals surface area contributed by atoms with Crippen molar-refractivity contribution in [2.45, 2.75) is 38.6 Å². The molecule has 2 heterocycles. The molecule has 0 unspecified atom stereocenters. The van der Waals surface area contributed by atoms with E-state index >= 15 is 0 Å². The van der Waals surface area contributed by atoms with Crippen LogP contribution in [-0.2, 0) is 4.79 Å². The number of carbonyl (C=O) groups is 1. The zero-order valence-corrected chi connectivity index (χ0v) is 19.0. The van der Waals surface area contributed by atoms with Crippen molar-refractivity contribution in [2.24, 2.45) is 5.92 Å². The lowest BCUT2D eigenvalue weighted by Crippen LogP contribution is -2.40. The maximum Gasteiger partial charge on any atom is 0.250 e. The Morgan fingerprint density at radius 2 is 1.97 bits per heavy atom. The first-order valence-corrected chi connectivity index (χ1v) is 11.5. The molecule has 2 fully saturated rings. The third-order valence-electron chi connectivity index (χ3n) is 6.53. The molecule has 1 saturated carbocycles. The maximum atomic E-state index is 13.5. The molecule has 1 amide bonds. The second-order valence-electron chi connectivity index (χ2n) is 8.96. The Hall–Kier alpha value is -3.41. The van der Waals surface area contributed by atoms with Crippen LogP contribution in [0, 0.1) is 18.7 Å². The summed E-state index contributed by atoms with van der Waals surface area (Å²) in [7, 11) is 1.65. The Morgan fingerprint density at radius 3 is 2.64 bits per heavy atom. The summed E-state index contributed by atoms with van der Waals surface area (Å²) in [4.78, 5) is 19.8. The predicted molar refractivity (Wildman–Crippen MR) is 126 cm³/mol. The summed E-state index contributed by atoms with van der Waals surface area (Å²) in [5.41, 5.74) is 4.60. The highest BCUT2D eigenvalue weighted by Gasteiger charge is 2.40. The molecule has 33 heavy (non-hydrogen) atoms. The van der Waals surface area contributed by atoms with Gasteiger partial charge < -0.3 is 14.2 Å². The van der Waals surface area contributed by atoms with E-state index in [-0.39, 0.29) is 17.8 Å². The molecular weight excluding hydrogens is 417 g/mol. The number of aromatic nitrogens is 2. The van der Waals surface area contributed by atoms with Crippen LogP contribution in [0.25, 0.3) is 11.8 Å². The maximum absolute atomic E-state index is 13.5. The highest BCUT2D eigenvalue weighted by molar-refractivity contribution is 5.99. The summed E-state index contributed by atoms with van der Waals surface area (Å²) in [6.45, 7) is 2.68. The number of rotatable bonds is 6. The van der Waals surface area contributed by atoms with E-state index in [0.29, 0.717) is 5.92 Å². The minimum Gasteiger partial charge on any atom is -0.495 e. The highest BCUT2D eigenvalue weighted by Crippen LogP contribution is 2.46. The Balaban J connectivity index is 1.43. The zero-order valence-electron chi connectivity index (χ0n) is 19.0. The molecule has 6 heteroatoms. The number of aryl methyl sites for hydroxylation is 1. The van der Waals surface area contributed by atoms with Crippen LogP contribution in [0.2, 0.25) is 0 Å². The van der Waals surface area contributed by atoms with Gasteiger partial charge in [-0.2, -0.15) is 0 Å². The van der Waals surface area contributed by atoms with Gasteiger partial charge in [-0.25, -0.2) is 9.37 Å². The standard InChI is InChI=1S/C27H28FN3O2/c1-18-16-30(17-29-18)24-12-5-19(15-25(24)33-2)14-22-4-3-13-31(27(22)32)26(20-6-7-20)21-8-10-23(28)11-9-21/h5,8-12,14-17,20,26H,3-4,6-7,13H2,1-2H3/t26-/m0/s1. The number of halogens is 1. The first-order valence-electron chi connectivity index (χ1n) is 11.5. The van der Waals surface area contributed by atoms with Gasteiger partial charge in [0.05, 0.1) is 30.9 Å². The largest absolute Gasteiger partial charge is 0.495 e. The summed E-state index contributed by atoms with van der Waals surface area (Å²) in [5, 5.41) is 0. The van der Waals surface area contributed by atoms with Gasteiger partial charge in [-0.3, -0.25) is 4.79 Å². The van der Waals surface area contributed by atoms with Crippen LogP contribution >= 0.6 is 0 Å². The van der Waals surface area contributed by atoms with E-state index in [1.54, 1.807) is 13.4 Å². The lowest BCUT2D eigenvalue weighted by Gasteiger charge is -2.36. The number of amides is 1. The van der Waals surface area contributed by atoms with Gasteiger partial charge in [0, 0.05) is 18.3 Å². The zero-order chi connectivity index (χ0) is 22.9. The fraction of sp³-hybridized carbons (Fsp3) is 0.333. The van der Waals surface area contributed by atoms with E-state index in [9.17, 15) is 9.18 Å². The quantitative estimate of drug-likeness (QED) is 0.472. The van der Waals surface area contributed by atoms with Gasteiger partial charge in [0.25, 0.3) is 0 Å².